The molecule has 1 aliphatic rings. The van der Waals surface area contributed by atoms with Gasteiger partial charge in [0.1, 0.15) is 0 Å². The lowest BCUT2D eigenvalue weighted by Crippen LogP contribution is -2.30. The molecule has 20 heavy (non-hydrogen) atoms. The second-order valence-electron chi connectivity index (χ2n) is 4.81. The minimum absolute atomic E-state index is 0. The standard InChI is InChI=1S/C13H21N3OS.2ClH/c17-13(2-1-11-3-6-14-7-4-11)15-8-5-12-9-18-10-16-12;;/h9-11,14H,1-8H2,(H,15,17);2*1H. The zero-order chi connectivity index (χ0) is 12.6. The number of halogens is 2. The Morgan fingerprint density at radius 3 is 2.80 bits per heavy atom. The fraction of sp³-hybridized carbons (Fsp3) is 0.692. The number of piperidine rings is 1. The lowest BCUT2D eigenvalue weighted by Gasteiger charge is -2.22. The van der Waals surface area contributed by atoms with E-state index >= 15 is 0 Å². The van der Waals surface area contributed by atoms with Gasteiger partial charge in [0.2, 0.25) is 5.91 Å². The zero-order valence-electron chi connectivity index (χ0n) is 11.5. The maximum Gasteiger partial charge on any atom is 0.220 e. The van der Waals surface area contributed by atoms with E-state index < -0.39 is 0 Å². The van der Waals surface area contributed by atoms with Crippen molar-refractivity contribution in [3.63, 3.8) is 0 Å². The average molecular weight is 340 g/mol. The summed E-state index contributed by atoms with van der Waals surface area (Å²) in [5.41, 5.74) is 2.90. The highest BCUT2D eigenvalue weighted by molar-refractivity contribution is 7.07. The molecule has 1 aromatic rings. The first kappa shape index (κ1) is 19.6. The molecule has 4 nitrogen and oxygen atoms in total. The van der Waals surface area contributed by atoms with E-state index in [1.165, 1.54) is 12.8 Å². The van der Waals surface area contributed by atoms with Crippen LogP contribution >= 0.6 is 36.2 Å². The van der Waals surface area contributed by atoms with Crippen molar-refractivity contribution in [1.82, 2.24) is 15.6 Å². The van der Waals surface area contributed by atoms with Crippen LogP contribution in [0, 0.1) is 5.92 Å². The Bertz CT molecular complexity index is 357. The predicted molar refractivity (Wildman–Crippen MR) is 88.2 cm³/mol. The number of amides is 1. The van der Waals surface area contributed by atoms with E-state index in [0.717, 1.165) is 37.5 Å². The minimum Gasteiger partial charge on any atom is -0.356 e. The summed E-state index contributed by atoms with van der Waals surface area (Å²) in [6.45, 7) is 2.92. The van der Waals surface area contributed by atoms with Gasteiger partial charge in [-0.1, -0.05) is 0 Å². The lowest BCUT2D eigenvalue weighted by atomic mass is 9.93. The summed E-state index contributed by atoms with van der Waals surface area (Å²) in [6.07, 6.45) is 4.97. The van der Waals surface area contributed by atoms with Gasteiger partial charge in [0, 0.05) is 24.8 Å². The summed E-state index contributed by atoms with van der Waals surface area (Å²) in [5, 5.41) is 8.35. The topological polar surface area (TPSA) is 54.0 Å². The van der Waals surface area contributed by atoms with Gasteiger partial charge in [-0.3, -0.25) is 4.79 Å². The number of nitrogens with one attached hydrogen (secondary N) is 2. The van der Waals surface area contributed by atoms with Crippen molar-refractivity contribution < 1.29 is 4.79 Å². The molecule has 0 aromatic carbocycles. The molecule has 0 atom stereocenters. The summed E-state index contributed by atoms with van der Waals surface area (Å²) >= 11 is 1.60. The Labute approximate surface area is 137 Å². The van der Waals surface area contributed by atoms with Crippen molar-refractivity contribution in [3.05, 3.63) is 16.6 Å². The molecule has 2 N–H and O–H groups in total. The molecule has 0 saturated carbocycles. The third kappa shape index (κ3) is 7.43. The maximum atomic E-state index is 11.7. The molecule has 0 aliphatic carbocycles. The predicted octanol–water partition coefficient (Wildman–Crippen LogP) is 2.43. The summed E-state index contributed by atoms with van der Waals surface area (Å²) < 4.78 is 0. The van der Waals surface area contributed by atoms with Crippen LogP contribution in [0.15, 0.2) is 10.9 Å². The quantitative estimate of drug-likeness (QED) is 0.836. The third-order valence-corrected chi connectivity index (χ3v) is 4.06. The van der Waals surface area contributed by atoms with E-state index in [0.29, 0.717) is 13.0 Å². The summed E-state index contributed by atoms with van der Waals surface area (Å²) in [6, 6.07) is 0. The summed E-state index contributed by atoms with van der Waals surface area (Å²) in [4.78, 5) is 15.9. The third-order valence-electron chi connectivity index (χ3n) is 3.43. The van der Waals surface area contributed by atoms with Crippen molar-refractivity contribution in [2.75, 3.05) is 19.6 Å². The normalized spacial score (nSPS) is 15.0. The Kier molecular flexibility index (Phi) is 11.1. The molecular formula is C13H23Cl2N3OS. The van der Waals surface area contributed by atoms with Gasteiger partial charge in [-0.05, 0) is 38.3 Å². The molecule has 116 valence electrons. The van der Waals surface area contributed by atoms with Crippen molar-refractivity contribution in [1.29, 1.82) is 0 Å². The van der Waals surface area contributed by atoms with Gasteiger partial charge in [0.05, 0.1) is 11.2 Å². The van der Waals surface area contributed by atoms with Crippen LogP contribution < -0.4 is 10.6 Å². The molecule has 1 saturated heterocycles. The molecule has 2 rings (SSSR count). The Morgan fingerprint density at radius 1 is 1.40 bits per heavy atom. The smallest absolute Gasteiger partial charge is 0.220 e. The fourth-order valence-corrected chi connectivity index (χ4v) is 2.88. The van der Waals surface area contributed by atoms with Crippen LogP contribution in [0.1, 0.15) is 31.4 Å². The molecule has 1 aromatic heterocycles. The summed E-state index contributed by atoms with van der Waals surface area (Å²) in [5.74, 6) is 0.916. The zero-order valence-corrected chi connectivity index (χ0v) is 13.9. The summed E-state index contributed by atoms with van der Waals surface area (Å²) in [7, 11) is 0. The van der Waals surface area contributed by atoms with Crippen LogP contribution in [0.3, 0.4) is 0 Å². The molecule has 0 radical (unpaired) electrons. The molecule has 0 unspecified atom stereocenters. The molecule has 7 heteroatoms. The SMILES string of the molecule is Cl.Cl.O=C(CCC1CCNCC1)NCCc1cscn1. The Balaban J connectivity index is 0.00000180. The van der Waals surface area contributed by atoms with Crippen LogP contribution in [0.4, 0.5) is 0 Å². The highest BCUT2D eigenvalue weighted by Crippen LogP contribution is 2.17. The van der Waals surface area contributed by atoms with Gasteiger partial charge in [0.25, 0.3) is 0 Å². The van der Waals surface area contributed by atoms with E-state index in [-0.39, 0.29) is 30.7 Å². The number of hydrogen-bond acceptors (Lipinski definition) is 4. The number of nitrogens with zero attached hydrogens (tertiary/aromatic N) is 1. The van der Waals surface area contributed by atoms with E-state index in [1.54, 1.807) is 11.3 Å². The Hall–Kier alpha value is -0.360. The van der Waals surface area contributed by atoms with Crippen molar-refractivity contribution in [2.45, 2.75) is 32.1 Å². The fourth-order valence-electron chi connectivity index (χ4n) is 2.28. The van der Waals surface area contributed by atoms with Gasteiger partial charge in [-0.15, -0.1) is 36.2 Å². The number of rotatable bonds is 6. The number of aromatic nitrogens is 1. The largest absolute Gasteiger partial charge is 0.356 e. The van der Waals surface area contributed by atoms with Gasteiger partial charge in [0.15, 0.2) is 0 Å². The van der Waals surface area contributed by atoms with Crippen molar-refractivity contribution >= 4 is 42.1 Å². The Morgan fingerprint density at radius 2 is 2.15 bits per heavy atom. The van der Waals surface area contributed by atoms with E-state index in [9.17, 15) is 4.79 Å². The monoisotopic (exact) mass is 339 g/mol. The van der Waals surface area contributed by atoms with Gasteiger partial charge < -0.3 is 10.6 Å². The molecule has 1 fully saturated rings. The highest BCUT2D eigenvalue weighted by atomic mass is 35.5. The average Bonchev–Trinajstić information content (AvgIpc) is 2.91. The second-order valence-corrected chi connectivity index (χ2v) is 5.53. The van der Waals surface area contributed by atoms with Gasteiger partial charge in [-0.2, -0.15) is 0 Å². The first-order valence-electron chi connectivity index (χ1n) is 6.69. The van der Waals surface area contributed by atoms with Crippen LogP contribution in [-0.4, -0.2) is 30.5 Å². The van der Waals surface area contributed by atoms with E-state index in [1.807, 2.05) is 10.9 Å². The van der Waals surface area contributed by atoms with E-state index in [4.69, 9.17) is 0 Å². The molecule has 2 heterocycles. The highest BCUT2D eigenvalue weighted by Gasteiger charge is 2.14. The van der Waals surface area contributed by atoms with Gasteiger partial charge >= 0.3 is 0 Å². The molecular weight excluding hydrogens is 317 g/mol. The second kappa shape index (κ2) is 11.3. The number of thiazole rings is 1. The van der Waals surface area contributed by atoms with Crippen molar-refractivity contribution in [3.8, 4) is 0 Å². The van der Waals surface area contributed by atoms with Gasteiger partial charge in [-0.25, -0.2) is 4.98 Å². The molecule has 1 amide bonds. The molecule has 0 spiro atoms. The van der Waals surface area contributed by atoms with Crippen molar-refractivity contribution in [2.24, 2.45) is 5.92 Å². The maximum absolute atomic E-state index is 11.7. The lowest BCUT2D eigenvalue weighted by molar-refractivity contribution is -0.121. The number of hydrogen-bond donors (Lipinski definition) is 2. The molecule has 0 bridgehead atoms. The number of carbonyl (C=O) groups is 1. The van der Waals surface area contributed by atoms with Crippen LogP contribution in [0.5, 0.6) is 0 Å². The van der Waals surface area contributed by atoms with Crippen LogP contribution in [0.2, 0.25) is 0 Å². The number of carbonyl (C=O) groups excluding carboxylic acids is 1. The molecule has 1 aliphatic heterocycles. The van der Waals surface area contributed by atoms with Crippen LogP contribution in [0.25, 0.3) is 0 Å². The van der Waals surface area contributed by atoms with E-state index in [2.05, 4.69) is 15.6 Å². The first-order valence-corrected chi connectivity index (χ1v) is 7.63. The minimum atomic E-state index is 0. The first-order chi connectivity index (χ1) is 8.84. The van der Waals surface area contributed by atoms with Crippen LogP contribution in [-0.2, 0) is 11.2 Å².